The molecule has 2 aromatic carbocycles. The largest absolute Gasteiger partial charge is 0.481 e. The second-order valence-corrected chi connectivity index (χ2v) is 6.97. The predicted molar refractivity (Wildman–Crippen MR) is 111 cm³/mol. The van der Waals surface area contributed by atoms with Gasteiger partial charge in [-0.3, -0.25) is 14.4 Å². The van der Waals surface area contributed by atoms with Crippen molar-refractivity contribution in [2.75, 3.05) is 6.54 Å². The Hall–Kier alpha value is -3.41. The van der Waals surface area contributed by atoms with E-state index in [1.54, 1.807) is 25.1 Å². The van der Waals surface area contributed by atoms with Gasteiger partial charge in [-0.2, -0.15) is 0 Å². The number of fused-ring (bicyclic) bond motifs is 1. The summed E-state index contributed by atoms with van der Waals surface area (Å²) in [4.78, 5) is 37.0. The van der Waals surface area contributed by atoms with Gasteiger partial charge in [0.25, 0.3) is 5.91 Å². The van der Waals surface area contributed by atoms with E-state index < -0.39 is 17.8 Å². The third-order valence-corrected chi connectivity index (χ3v) is 4.92. The van der Waals surface area contributed by atoms with Crippen LogP contribution in [0.2, 0.25) is 0 Å². The van der Waals surface area contributed by atoms with Crippen LogP contribution in [0.4, 0.5) is 0 Å². The van der Waals surface area contributed by atoms with E-state index in [2.05, 4.69) is 5.32 Å². The van der Waals surface area contributed by atoms with Gasteiger partial charge < -0.3 is 14.8 Å². The molecule has 29 heavy (non-hydrogen) atoms. The van der Waals surface area contributed by atoms with E-state index in [0.717, 1.165) is 5.56 Å². The molecule has 3 rings (SSSR count). The molecule has 1 amide bonds. The lowest BCUT2D eigenvalue weighted by atomic mass is 10.0. The molecule has 1 unspecified atom stereocenters. The number of amides is 1. The number of para-hydroxylation sites is 1. The maximum atomic E-state index is 12.9. The van der Waals surface area contributed by atoms with Crippen molar-refractivity contribution in [3.63, 3.8) is 0 Å². The molecule has 0 saturated heterocycles. The van der Waals surface area contributed by atoms with Gasteiger partial charge in [-0.1, -0.05) is 49.7 Å². The Balaban J connectivity index is 2.03. The number of hydrogen-bond acceptors (Lipinski definition) is 4. The van der Waals surface area contributed by atoms with Crippen molar-refractivity contribution < 1.29 is 19.1 Å². The number of hydrogen-bond donors (Lipinski definition) is 2. The predicted octanol–water partition coefficient (Wildman–Crippen LogP) is 4.00. The summed E-state index contributed by atoms with van der Waals surface area (Å²) in [7, 11) is 0. The molecule has 0 fully saturated rings. The smallest absolute Gasteiger partial charge is 0.308 e. The van der Waals surface area contributed by atoms with Gasteiger partial charge in [0.1, 0.15) is 5.76 Å². The summed E-state index contributed by atoms with van der Waals surface area (Å²) in [5.41, 5.74) is 1.41. The normalized spacial score (nSPS) is 11.9. The van der Waals surface area contributed by atoms with Crippen molar-refractivity contribution >= 4 is 22.8 Å². The number of carbonyl (C=O) groups excluding carboxylic acids is 1. The highest BCUT2D eigenvalue weighted by Gasteiger charge is 2.21. The van der Waals surface area contributed by atoms with Crippen molar-refractivity contribution in [2.45, 2.75) is 26.7 Å². The Kier molecular flexibility index (Phi) is 6.12. The number of rotatable bonds is 7. The topological polar surface area (TPSA) is 96.6 Å². The van der Waals surface area contributed by atoms with Crippen molar-refractivity contribution in [3.8, 4) is 11.3 Å². The van der Waals surface area contributed by atoms with Crippen LogP contribution in [0.15, 0.2) is 57.7 Å². The van der Waals surface area contributed by atoms with Gasteiger partial charge in [0.15, 0.2) is 11.0 Å². The third kappa shape index (κ3) is 4.21. The van der Waals surface area contributed by atoms with Gasteiger partial charge in [-0.05, 0) is 25.5 Å². The van der Waals surface area contributed by atoms with Gasteiger partial charge in [0.2, 0.25) is 0 Å². The Morgan fingerprint density at radius 3 is 2.48 bits per heavy atom. The van der Waals surface area contributed by atoms with Crippen LogP contribution in [0.25, 0.3) is 22.3 Å². The van der Waals surface area contributed by atoms with E-state index in [1.165, 1.54) is 0 Å². The molecule has 0 aliphatic rings. The number of nitrogens with one attached hydrogen (secondary N) is 1. The molecule has 6 heteroatoms. The van der Waals surface area contributed by atoms with Gasteiger partial charge in [-0.15, -0.1) is 0 Å². The lowest BCUT2D eigenvalue weighted by Gasteiger charge is -2.14. The molecule has 0 aliphatic carbocycles. The monoisotopic (exact) mass is 393 g/mol. The lowest BCUT2D eigenvalue weighted by Crippen LogP contribution is -2.33. The van der Waals surface area contributed by atoms with Crippen LogP contribution in [-0.2, 0) is 4.79 Å². The van der Waals surface area contributed by atoms with Crippen molar-refractivity contribution in [2.24, 2.45) is 5.92 Å². The zero-order chi connectivity index (χ0) is 21.0. The second kappa shape index (κ2) is 8.73. The van der Waals surface area contributed by atoms with Crippen LogP contribution < -0.4 is 10.7 Å². The molecule has 2 N–H and O–H groups in total. The zero-order valence-corrected chi connectivity index (χ0v) is 16.4. The van der Waals surface area contributed by atoms with Crippen LogP contribution in [0, 0.1) is 12.8 Å². The van der Waals surface area contributed by atoms with Crippen molar-refractivity contribution in [3.05, 3.63) is 69.9 Å². The maximum Gasteiger partial charge on any atom is 0.308 e. The van der Waals surface area contributed by atoms with Crippen molar-refractivity contribution in [1.82, 2.24) is 5.32 Å². The fourth-order valence-corrected chi connectivity index (χ4v) is 3.33. The van der Waals surface area contributed by atoms with Crippen LogP contribution in [0.5, 0.6) is 0 Å². The summed E-state index contributed by atoms with van der Waals surface area (Å²) < 4.78 is 6.04. The van der Waals surface area contributed by atoms with E-state index in [4.69, 9.17) is 4.42 Å². The second-order valence-electron chi connectivity index (χ2n) is 6.97. The lowest BCUT2D eigenvalue weighted by molar-refractivity contribution is -0.141. The molecule has 0 spiro atoms. The van der Waals surface area contributed by atoms with E-state index in [0.29, 0.717) is 29.6 Å². The molecule has 1 atom stereocenters. The number of carbonyl (C=O) groups is 2. The van der Waals surface area contributed by atoms with Crippen LogP contribution >= 0.6 is 0 Å². The average molecular weight is 393 g/mol. The molecular weight excluding hydrogens is 370 g/mol. The standard InChI is InChI=1S/C23H23NO5/c1-3-8-16(23(27)28)13-24-22(26)18-12-7-11-17-19(25)14(2)20(29-21(17)18)15-9-5-4-6-10-15/h4-7,9-12,16H,3,8,13H2,1-2H3,(H,24,26)(H,27,28). The van der Waals surface area contributed by atoms with Gasteiger partial charge in [0.05, 0.1) is 16.9 Å². The third-order valence-electron chi connectivity index (χ3n) is 4.92. The molecule has 0 radical (unpaired) electrons. The highest BCUT2D eigenvalue weighted by Crippen LogP contribution is 2.27. The minimum absolute atomic E-state index is 0.0139. The summed E-state index contributed by atoms with van der Waals surface area (Å²) in [6, 6.07) is 14.0. The van der Waals surface area contributed by atoms with Gasteiger partial charge in [-0.25, -0.2) is 0 Å². The first-order valence-electron chi connectivity index (χ1n) is 9.56. The quantitative estimate of drug-likeness (QED) is 0.632. The number of carboxylic acids is 1. The molecule has 0 aliphatic heterocycles. The van der Waals surface area contributed by atoms with Crippen LogP contribution in [-0.4, -0.2) is 23.5 Å². The molecule has 6 nitrogen and oxygen atoms in total. The Labute approximate surface area is 168 Å². The minimum atomic E-state index is -0.946. The summed E-state index contributed by atoms with van der Waals surface area (Å²) in [5, 5.41) is 12.3. The number of carboxylic acid groups (broad SMARTS) is 1. The SMILES string of the molecule is CCCC(CNC(=O)c1cccc2c(=O)c(C)c(-c3ccccc3)oc12)C(=O)O. The number of aliphatic carboxylic acids is 1. The summed E-state index contributed by atoms with van der Waals surface area (Å²) in [6.07, 6.45) is 1.17. The molecule has 1 heterocycles. The van der Waals surface area contributed by atoms with E-state index in [9.17, 15) is 19.5 Å². The molecular formula is C23H23NO5. The minimum Gasteiger partial charge on any atom is -0.481 e. The molecule has 3 aromatic rings. The van der Waals surface area contributed by atoms with E-state index in [-0.39, 0.29) is 23.1 Å². The Morgan fingerprint density at radius 2 is 1.83 bits per heavy atom. The zero-order valence-electron chi connectivity index (χ0n) is 16.4. The maximum absolute atomic E-state index is 12.9. The van der Waals surface area contributed by atoms with Crippen LogP contribution in [0.3, 0.4) is 0 Å². The highest BCUT2D eigenvalue weighted by atomic mass is 16.4. The molecule has 150 valence electrons. The first-order chi connectivity index (χ1) is 13.9. The highest BCUT2D eigenvalue weighted by molar-refractivity contribution is 6.05. The molecule has 1 aromatic heterocycles. The van der Waals surface area contributed by atoms with Crippen LogP contribution in [0.1, 0.15) is 35.7 Å². The fourth-order valence-electron chi connectivity index (χ4n) is 3.33. The van der Waals surface area contributed by atoms with Gasteiger partial charge >= 0.3 is 5.97 Å². The first-order valence-corrected chi connectivity index (χ1v) is 9.56. The summed E-state index contributed by atoms with van der Waals surface area (Å²) >= 11 is 0. The number of benzene rings is 2. The van der Waals surface area contributed by atoms with Gasteiger partial charge in [0, 0.05) is 17.7 Å². The van der Waals surface area contributed by atoms with Crippen molar-refractivity contribution in [1.29, 1.82) is 0 Å². The Morgan fingerprint density at radius 1 is 1.10 bits per heavy atom. The summed E-state index contributed by atoms with van der Waals surface area (Å²) in [6.45, 7) is 3.60. The summed E-state index contributed by atoms with van der Waals surface area (Å²) in [5.74, 6) is -1.66. The molecule has 0 saturated carbocycles. The Bertz CT molecular complexity index is 1100. The molecule has 0 bridgehead atoms. The first kappa shape index (κ1) is 20.3. The average Bonchev–Trinajstić information content (AvgIpc) is 2.73. The van der Waals surface area contributed by atoms with E-state index in [1.807, 2.05) is 37.3 Å². The fraction of sp³-hybridized carbons (Fsp3) is 0.261. The van der Waals surface area contributed by atoms with E-state index >= 15 is 0 Å².